The van der Waals surface area contributed by atoms with Gasteiger partial charge in [-0.05, 0) is 54.5 Å². The number of hydrogen-bond donors (Lipinski definition) is 1. The van der Waals surface area contributed by atoms with E-state index in [9.17, 15) is 0 Å². The van der Waals surface area contributed by atoms with Gasteiger partial charge in [0.05, 0.1) is 5.54 Å². The Hall–Kier alpha value is -0.340. The second-order valence-corrected chi connectivity index (χ2v) is 7.11. The summed E-state index contributed by atoms with van der Waals surface area (Å²) in [6.07, 6.45) is 6.60. The van der Waals surface area contributed by atoms with E-state index in [1.165, 1.54) is 38.6 Å². The van der Waals surface area contributed by atoms with Gasteiger partial charge in [0.2, 0.25) is 0 Å². The largest absolute Gasteiger partial charge is 0.306 e. The fourth-order valence-electron chi connectivity index (χ4n) is 3.23. The Bertz CT molecular complexity index is 381. The van der Waals surface area contributed by atoms with Crippen LogP contribution in [-0.2, 0) is 12.0 Å². The molecule has 0 radical (unpaired) electrons. The molecule has 1 nitrogen and oxygen atoms in total. The Labute approximate surface area is 102 Å². The summed E-state index contributed by atoms with van der Waals surface area (Å²) in [6, 6.07) is 2.34. The second-order valence-electron chi connectivity index (χ2n) is 6.20. The van der Waals surface area contributed by atoms with Crippen molar-refractivity contribution in [1.82, 2.24) is 5.32 Å². The third-order valence-corrected chi connectivity index (χ3v) is 5.66. The van der Waals surface area contributed by atoms with Crippen molar-refractivity contribution in [2.24, 2.45) is 5.41 Å². The fourth-order valence-corrected chi connectivity index (χ4v) is 4.42. The molecule has 0 atom stereocenters. The highest BCUT2D eigenvalue weighted by Gasteiger charge is 2.42. The lowest BCUT2D eigenvalue weighted by Gasteiger charge is -2.46. The van der Waals surface area contributed by atoms with Crippen molar-refractivity contribution in [3.8, 4) is 0 Å². The third kappa shape index (κ3) is 1.63. The molecule has 2 heterocycles. The summed E-state index contributed by atoms with van der Waals surface area (Å²) in [6.45, 7) is 6.00. The minimum atomic E-state index is 0.345. The minimum absolute atomic E-state index is 0.345. The Kier molecular flexibility index (Phi) is 2.41. The van der Waals surface area contributed by atoms with Crippen LogP contribution in [0.4, 0.5) is 0 Å². The number of rotatable bonds is 0. The molecule has 88 valence electrons. The Balaban J connectivity index is 1.92. The molecule has 2 aliphatic rings. The van der Waals surface area contributed by atoms with Gasteiger partial charge < -0.3 is 5.32 Å². The standard InChI is InChI=1S/C14H21NS/c1-13(2)5-7-14(8-6-13)12-11(3-9-15-14)4-10-16-12/h4,10,15H,3,5-9H2,1-2H3. The molecule has 1 saturated carbocycles. The van der Waals surface area contributed by atoms with Crippen LogP contribution >= 0.6 is 11.3 Å². The van der Waals surface area contributed by atoms with Crippen LogP contribution in [0.5, 0.6) is 0 Å². The lowest BCUT2D eigenvalue weighted by Crippen LogP contribution is -2.49. The smallest absolute Gasteiger partial charge is 0.0532 e. The van der Waals surface area contributed by atoms with E-state index in [0.29, 0.717) is 11.0 Å². The predicted octanol–water partition coefficient (Wildman–Crippen LogP) is 3.69. The van der Waals surface area contributed by atoms with Crippen molar-refractivity contribution in [3.05, 3.63) is 21.9 Å². The number of fused-ring (bicyclic) bond motifs is 2. The maximum atomic E-state index is 3.82. The molecule has 1 N–H and O–H groups in total. The number of thiophene rings is 1. The van der Waals surface area contributed by atoms with Crippen molar-refractivity contribution < 1.29 is 0 Å². The van der Waals surface area contributed by atoms with Gasteiger partial charge in [0.25, 0.3) is 0 Å². The van der Waals surface area contributed by atoms with E-state index < -0.39 is 0 Å². The zero-order valence-corrected chi connectivity index (χ0v) is 11.1. The molecule has 1 spiro atoms. The summed E-state index contributed by atoms with van der Waals surface area (Å²) in [5, 5.41) is 6.10. The topological polar surface area (TPSA) is 12.0 Å². The van der Waals surface area contributed by atoms with E-state index in [1.54, 1.807) is 10.4 Å². The highest BCUT2D eigenvalue weighted by Crippen LogP contribution is 2.48. The highest BCUT2D eigenvalue weighted by molar-refractivity contribution is 7.10. The van der Waals surface area contributed by atoms with E-state index in [2.05, 4.69) is 30.6 Å². The van der Waals surface area contributed by atoms with Crippen LogP contribution in [0.25, 0.3) is 0 Å². The van der Waals surface area contributed by atoms with E-state index in [4.69, 9.17) is 0 Å². The quantitative estimate of drug-likeness (QED) is 0.723. The molecule has 3 rings (SSSR count). The number of nitrogens with one attached hydrogen (secondary N) is 1. The van der Waals surface area contributed by atoms with Crippen molar-refractivity contribution in [2.75, 3.05) is 6.54 Å². The van der Waals surface area contributed by atoms with Crippen molar-refractivity contribution in [2.45, 2.75) is 51.5 Å². The van der Waals surface area contributed by atoms with Crippen LogP contribution in [0.2, 0.25) is 0 Å². The molecule has 0 bridgehead atoms. The molecule has 1 fully saturated rings. The molecule has 0 saturated heterocycles. The molecule has 2 heteroatoms. The summed E-state index contributed by atoms with van der Waals surface area (Å²) < 4.78 is 0. The molecule has 0 amide bonds. The van der Waals surface area contributed by atoms with Crippen LogP contribution in [0.15, 0.2) is 11.4 Å². The van der Waals surface area contributed by atoms with Crippen LogP contribution in [0.1, 0.15) is 50.0 Å². The van der Waals surface area contributed by atoms with Crippen LogP contribution in [0, 0.1) is 5.41 Å². The second kappa shape index (κ2) is 3.58. The lowest BCUT2D eigenvalue weighted by atomic mass is 9.67. The average molecular weight is 235 g/mol. The molecule has 16 heavy (non-hydrogen) atoms. The molecule has 1 aromatic heterocycles. The molecular weight excluding hydrogens is 214 g/mol. The lowest BCUT2D eigenvalue weighted by molar-refractivity contribution is 0.132. The monoisotopic (exact) mass is 235 g/mol. The Morgan fingerprint density at radius 2 is 1.94 bits per heavy atom. The Morgan fingerprint density at radius 1 is 1.19 bits per heavy atom. The third-order valence-electron chi connectivity index (χ3n) is 4.50. The Morgan fingerprint density at radius 3 is 2.69 bits per heavy atom. The van der Waals surface area contributed by atoms with Gasteiger partial charge in [0, 0.05) is 11.4 Å². The summed E-state index contributed by atoms with van der Waals surface area (Å²) in [4.78, 5) is 1.65. The first-order valence-corrected chi connectivity index (χ1v) is 7.31. The normalized spacial score (nSPS) is 26.6. The summed E-state index contributed by atoms with van der Waals surface area (Å²) >= 11 is 1.97. The first-order valence-electron chi connectivity index (χ1n) is 6.43. The van der Waals surface area contributed by atoms with Gasteiger partial charge in [0.15, 0.2) is 0 Å². The summed E-state index contributed by atoms with van der Waals surface area (Å²) in [7, 11) is 0. The van der Waals surface area contributed by atoms with Gasteiger partial charge in [-0.25, -0.2) is 0 Å². The minimum Gasteiger partial charge on any atom is -0.306 e. The van der Waals surface area contributed by atoms with Gasteiger partial charge in [-0.1, -0.05) is 13.8 Å². The molecule has 0 aromatic carbocycles. The van der Waals surface area contributed by atoms with Gasteiger partial charge in [0.1, 0.15) is 0 Å². The fraction of sp³-hybridized carbons (Fsp3) is 0.714. The molecular formula is C14H21NS. The average Bonchev–Trinajstić information content (AvgIpc) is 2.72. The predicted molar refractivity (Wildman–Crippen MR) is 70.0 cm³/mol. The molecule has 0 unspecified atom stereocenters. The zero-order chi connectivity index (χ0) is 11.2. The summed E-state index contributed by atoms with van der Waals surface area (Å²) in [5.74, 6) is 0. The number of hydrogen-bond acceptors (Lipinski definition) is 2. The maximum Gasteiger partial charge on any atom is 0.0532 e. The van der Waals surface area contributed by atoms with E-state index in [1.807, 2.05) is 11.3 Å². The summed E-state index contributed by atoms with van der Waals surface area (Å²) in [5.41, 5.74) is 2.52. The van der Waals surface area contributed by atoms with Gasteiger partial charge in [-0.15, -0.1) is 11.3 Å². The van der Waals surface area contributed by atoms with E-state index in [-0.39, 0.29) is 0 Å². The van der Waals surface area contributed by atoms with Crippen molar-refractivity contribution in [3.63, 3.8) is 0 Å². The van der Waals surface area contributed by atoms with E-state index in [0.717, 1.165) is 0 Å². The maximum absolute atomic E-state index is 3.82. The van der Waals surface area contributed by atoms with Gasteiger partial charge >= 0.3 is 0 Å². The molecule has 1 aliphatic heterocycles. The van der Waals surface area contributed by atoms with E-state index >= 15 is 0 Å². The van der Waals surface area contributed by atoms with Crippen molar-refractivity contribution in [1.29, 1.82) is 0 Å². The first kappa shape index (κ1) is 10.8. The van der Waals surface area contributed by atoms with Gasteiger partial charge in [-0.2, -0.15) is 0 Å². The molecule has 1 aliphatic carbocycles. The molecule has 1 aromatic rings. The first-order chi connectivity index (χ1) is 7.61. The highest BCUT2D eigenvalue weighted by atomic mass is 32.1. The SMILES string of the molecule is CC1(C)CCC2(CC1)NCCc1ccsc12. The van der Waals surface area contributed by atoms with Crippen LogP contribution in [0.3, 0.4) is 0 Å². The van der Waals surface area contributed by atoms with Crippen LogP contribution < -0.4 is 5.32 Å². The van der Waals surface area contributed by atoms with Crippen molar-refractivity contribution >= 4 is 11.3 Å². The van der Waals surface area contributed by atoms with Gasteiger partial charge in [-0.3, -0.25) is 0 Å². The zero-order valence-electron chi connectivity index (χ0n) is 10.3. The van der Waals surface area contributed by atoms with Crippen LogP contribution in [-0.4, -0.2) is 6.54 Å².